The van der Waals surface area contributed by atoms with E-state index in [1.807, 2.05) is 20.8 Å². The first-order valence-electron chi connectivity index (χ1n) is 5.62. The van der Waals surface area contributed by atoms with Gasteiger partial charge in [0.25, 0.3) is 0 Å². The molecule has 0 radical (unpaired) electrons. The van der Waals surface area contributed by atoms with Crippen molar-refractivity contribution in [2.24, 2.45) is 0 Å². The Balaban J connectivity index is 2.42. The maximum absolute atomic E-state index is 6.16. The standard InChI is InChI=1S/C13H12Cl3N3/c1-6-4-10(15)11(5-9(6)14)19-13-12(16)17-7(2)8(3)18-13/h4-5H,1-3H3,(H,18,19). The molecule has 0 aliphatic rings. The molecule has 0 atom stereocenters. The highest BCUT2D eigenvalue weighted by Gasteiger charge is 2.10. The van der Waals surface area contributed by atoms with Crippen LogP contribution in [0.3, 0.4) is 0 Å². The van der Waals surface area contributed by atoms with Crippen molar-refractivity contribution in [1.82, 2.24) is 9.97 Å². The summed E-state index contributed by atoms with van der Waals surface area (Å²) in [6, 6.07) is 3.53. The van der Waals surface area contributed by atoms with E-state index in [4.69, 9.17) is 34.8 Å². The van der Waals surface area contributed by atoms with Crippen molar-refractivity contribution in [3.05, 3.63) is 44.3 Å². The molecule has 3 nitrogen and oxygen atoms in total. The summed E-state index contributed by atoms with van der Waals surface area (Å²) in [4.78, 5) is 8.56. The van der Waals surface area contributed by atoms with Crippen molar-refractivity contribution in [1.29, 1.82) is 0 Å². The first-order valence-corrected chi connectivity index (χ1v) is 6.75. The lowest BCUT2D eigenvalue weighted by Gasteiger charge is -2.12. The highest BCUT2D eigenvalue weighted by Crippen LogP contribution is 2.32. The Bertz CT molecular complexity index is 586. The van der Waals surface area contributed by atoms with Gasteiger partial charge in [0, 0.05) is 5.02 Å². The minimum absolute atomic E-state index is 0.302. The largest absolute Gasteiger partial charge is 0.336 e. The molecular formula is C13H12Cl3N3. The lowest BCUT2D eigenvalue weighted by Crippen LogP contribution is -2.01. The van der Waals surface area contributed by atoms with Gasteiger partial charge in [0.1, 0.15) is 0 Å². The summed E-state index contributed by atoms with van der Waals surface area (Å²) < 4.78 is 0. The van der Waals surface area contributed by atoms with Crippen LogP contribution in [-0.2, 0) is 0 Å². The van der Waals surface area contributed by atoms with Crippen LogP contribution in [0.5, 0.6) is 0 Å². The van der Waals surface area contributed by atoms with Gasteiger partial charge in [-0.2, -0.15) is 0 Å². The molecule has 100 valence electrons. The number of aromatic nitrogens is 2. The first kappa shape index (κ1) is 14.4. The van der Waals surface area contributed by atoms with E-state index in [1.54, 1.807) is 12.1 Å². The zero-order valence-electron chi connectivity index (χ0n) is 10.7. The number of hydrogen-bond donors (Lipinski definition) is 1. The molecule has 0 saturated carbocycles. The van der Waals surface area contributed by atoms with E-state index < -0.39 is 0 Å². The quantitative estimate of drug-likeness (QED) is 0.837. The number of halogens is 3. The number of nitrogens with zero attached hydrogens (tertiary/aromatic N) is 2. The molecule has 0 saturated heterocycles. The average molecular weight is 317 g/mol. The molecule has 1 aromatic carbocycles. The zero-order chi connectivity index (χ0) is 14.2. The highest BCUT2D eigenvalue weighted by molar-refractivity contribution is 6.36. The molecule has 6 heteroatoms. The van der Waals surface area contributed by atoms with Crippen LogP contribution in [0.4, 0.5) is 11.5 Å². The molecule has 0 fully saturated rings. The van der Waals surface area contributed by atoms with Crippen LogP contribution in [0, 0.1) is 20.8 Å². The van der Waals surface area contributed by atoms with Gasteiger partial charge in [-0.05, 0) is 38.5 Å². The van der Waals surface area contributed by atoms with Gasteiger partial charge in [-0.3, -0.25) is 0 Å². The number of rotatable bonds is 2. The fourth-order valence-corrected chi connectivity index (χ4v) is 2.17. The van der Waals surface area contributed by atoms with Crippen LogP contribution >= 0.6 is 34.8 Å². The Labute approximate surface area is 126 Å². The summed E-state index contributed by atoms with van der Waals surface area (Å²) >= 11 is 18.3. The van der Waals surface area contributed by atoms with E-state index in [1.165, 1.54) is 0 Å². The number of nitrogens with one attached hydrogen (secondary N) is 1. The van der Waals surface area contributed by atoms with Crippen LogP contribution in [-0.4, -0.2) is 9.97 Å². The third-order valence-electron chi connectivity index (χ3n) is 2.77. The fraction of sp³-hybridized carbons (Fsp3) is 0.231. The van der Waals surface area contributed by atoms with Crippen molar-refractivity contribution in [3.63, 3.8) is 0 Å². The Morgan fingerprint density at radius 1 is 0.895 bits per heavy atom. The molecule has 0 aliphatic carbocycles. The molecule has 19 heavy (non-hydrogen) atoms. The number of aryl methyl sites for hydroxylation is 3. The zero-order valence-corrected chi connectivity index (χ0v) is 13.0. The molecule has 0 aliphatic heterocycles. The monoisotopic (exact) mass is 315 g/mol. The van der Waals surface area contributed by atoms with Crippen LogP contribution in [0.2, 0.25) is 15.2 Å². The Morgan fingerprint density at radius 2 is 1.53 bits per heavy atom. The van der Waals surface area contributed by atoms with Crippen LogP contribution in [0.1, 0.15) is 17.0 Å². The summed E-state index contributed by atoms with van der Waals surface area (Å²) in [5.41, 5.74) is 3.16. The maximum atomic E-state index is 6.16. The lowest BCUT2D eigenvalue weighted by atomic mass is 10.2. The predicted molar refractivity (Wildman–Crippen MR) is 81.0 cm³/mol. The third-order valence-corrected chi connectivity index (χ3v) is 3.75. The second kappa shape index (κ2) is 5.53. The first-order chi connectivity index (χ1) is 8.88. The van der Waals surface area contributed by atoms with Crippen molar-refractivity contribution >= 4 is 46.3 Å². The summed E-state index contributed by atoms with van der Waals surface area (Å²) in [6.07, 6.45) is 0. The minimum Gasteiger partial charge on any atom is -0.336 e. The van der Waals surface area contributed by atoms with Gasteiger partial charge < -0.3 is 5.32 Å². The SMILES string of the molecule is Cc1cc(Cl)c(Nc2nc(C)c(C)nc2Cl)cc1Cl. The number of hydrogen-bond acceptors (Lipinski definition) is 3. The Kier molecular flexibility index (Phi) is 4.19. The van der Waals surface area contributed by atoms with Crippen LogP contribution in [0.25, 0.3) is 0 Å². The number of anilines is 2. The van der Waals surface area contributed by atoms with E-state index in [-0.39, 0.29) is 0 Å². The molecule has 1 heterocycles. The van der Waals surface area contributed by atoms with E-state index in [9.17, 15) is 0 Å². The van der Waals surface area contributed by atoms with E-state index in [0.29, 0.717) is 26.7 Å². The second-order valence-electron chi connectivity index (χ2n) is 4.24. The molecule has 0 spiro atoms. The summed E-state index contributed by atoms with van der Waals surface area (Å²) in [7, 11) is 0. The van der Waals surface area contributed by atoms with Crippen molar-refractivity contribution in [2.75, 3.05) is 5.32 Å². The molecular weight excluding hydrogens is 305 g/mol. The second-order valence-corrected chi connectivity index (χ2v) is 5.41. The molecule has 1 aromatic heterocycles. The van der Waals surface area contributed by atoms with Crippen molar-refractivity contribution in [3.8, 4) is 0 Å². The van der Waals surface area contributed by atoms with E-state index in [0.717, 1.165) is 17.0 Å². The Morgan fingerprint density at radius 3 is 2.21 bits per heavy atom. The average Bonchev–Trinajstić information content (AvgIpc) is 2.32. The number of benzene rings is 1. The van der Waals surface area contributed by atoms with Crippen molar-refractivity contribution < 1.29 is 0 Å². The van der Waals surface area contributed by atoms with Crippen molar-refractivity contribution in [2.45, 2.75) is 20.8 Å². The topological polar surface area (TPSA) is 37.8 Å². The molecule has 0 bridgehead atoms. The van der Waals surface area contributed by atoms with Gasteiger partial charge in [0.05, 0.1) is 22.1 Å². The molecule has 2 rings (SSSR count). The summed E-state index contributed by atoms with van der Waals surface area (Å²) in [5, 5.41) is 4.53. The normalized spacial score (nSPS) is 10.6. The maximum Gasteiger partial charge on any atom is 0.172 e. The highest BCUT2D eigenvalue weighted by atomic mass is 35.5. The van der Waals surface area contributed by atoms with E-state index in [2.05, 4.69) is 15.3 Å². The smallest absolute Gasteiger partial charge is 0.172 e. The van der Waals surface area contributed by atoms with Crippen LogP contribution < -0.4 is 5.32 Å². The van der Waals surface area contributed by atoms with Gasteiger partial charge in [-0.1, -0.05) is 34.8 Å². The van der Waals surface area contributed by atoms with E-state index >= 15 is 0 Å². The summed E-state index contributed by atoms with van der Waals surface area (Å²) in [5.74, 6) is 0.464. The molecule has 1 N–H and O–H groups in total. The minimum atomic E-state index is 0.302. The predicted octanol–water partition coefficient (Wildman–Crippen LogP) is 5.11. The molecule has 2 aromatic rings. The molecule has 0 unspecified atom stereocenters. The Hall–Kier alpha value is -1.03. The fourth-order valence-electron chi connectivity index (χ4n) is 1.52. The molecule has 0 amide bonds. The van der Waals surface area contributed by atoms with Gasteiger partial charge in [-0.25, -0.2) is 9.97 Å². The lowest BCUT2D eigenvalue weighted by molar-refractivity contribution is 1.05. The van der Waals surface area contributed by atoms with Gasteiger partial charge in [0.2, 0.25) is 0 Å². The van der Waals surface area contributed by atoms with Crippen LogP contribution in [0.15, 0.2) is 12.1 Å². The van der Waals surface area contributed by atoms with Gasteiger partial charge >= 0.3 is 0 Å². The third kappa shape index (κ3) is 3.11. The van der Waals surface area contributed by atoms with Gasteiger partial charge in [0.15, 0.2) is 11.0 Å². The summed E-state index contributed by atoms with van der Waals surface area (Å²) in [6.45, 7) is 5.61. The van der Waals surface area contributed by atoms with Gasteiger partial charge in [-0.15, -0.1) is 0 Å².